The molecule has 0 radical (unpaired) electrons. The first-order valence-electron chi connectivity index (χ1n) is 4.08. The number of aryl methyl sites for hydroxylation is 1. The largest absolute Gasteiger partial charge is 0.464 e. The number of hydrogen-bond donors (Lipinski definition) is 0. The molecular weight excluding hydrogens is 167 g/mol. The Morgan fingerprint density at radius 1 is 1.15 bits per heavy atom. The summed E-state index contributed by atoms with van der Waals surface area (Å²) < 4.78 is 18.5. The Balaban J connectivity index is 2.64. The van der Waals surface area contributed by atoms with Crippen molar-refractivity contribution in [3.8, 4) is 11.3 Å². The van der Waals surface area contributed by atoms with Gasteiger partial charge in [-0.05, 0) is 30.7 Å². The van der Waals surface area contributed by atoms with Crippen molar-refractivity contribution in [3.63, 3.8) is 0 Å². The standard InChI is InChI=1S/C11H9FO/c1-8-4-2-5-9(12)11(8)10-6-3-7-13-10/h2-7H,1H3. The molecule has 0 N–H and O–H groups in total. The molecule has 0 amide bonds. The number of furan rings is 1. The summed E-state index contributed by atoms with van der Waals surface area (Å²) >= 11 is 0. The maximum Gasteiger partial charge on any atom is 0.137 e. The normalized spacial score (nSPS) is 10.3. The molecule has 1 aromatic heterocycles. The summed E-state index contributed by atoms with van der Waals surface area (Å²) in [4.78, 5) is 0. The molecule has 0 saturated heterocycles. The molecular formula is C11H9FO. The van der Waals surface area contributed by atoms with E-state index in [1.807, 2.05) is 13.0 Å². The Bertz CT molecular complexity index is 384. The first-order valence-corrected chi connectivity index (χ1v) is 4.08. The van der Waals surface area contributed by atoms with E-state index in [4.69, 9.17) is 4.42 Å². The Morgan fingerprint density at radius 3 is 2.62 bits per heavy atom. The number of hydrogen-bond acceptors (Lipinski definition) is 1. The lowest BCUT2D eigenvalue weighted by Gasteiger charge is -2.02. The van der Waals surface area contributed by atoms with Gasteiger partial charge in [0.15, 0.2) is 0 Å². The molecule has 0 fully saturated rings. The van der Waals surface area contributed by atoms with Crippen molar-refractivity contribution in [2.45, 2.75) is 6.92 Å². The van der Waals surface area contributed by atoms with E-state index < -0.39 is 0 Å². The molecule has 0 saturated carbocycles. The molecule has 0 aliphatic rings. The highest BCUT2D eigenvalue weighted by Gasteiger charge is 2.09. The van der Waals surface area contributed by atoms with E-state index >= 15 is 0 Å². The zero-order valence-corrected chi connectivity index (χ0v) is 7.25. The molecule has 1 nitrogen and oxygen atoms in total. The third-order valence-electron chi connectivity index (χ3n) is 1.99. The summed E-state index contributed by atoms with van der Waals surface area (Å²) in [7, 11) is 0. The SMILES string of the molecule is Cc1cccc(F)c1-c1ccco1. The van der Waals surface area contributed by atoms with Crippen LogP contribution in [0, 0.1) is 12.7 Å². The van der Waals surface area contributed by atoms with E-state index in [2.05, 4.69) is 0 Å². The second kappa shape index (κ2) is 3.05. The summed E-state index contributed by atoms with van der Waals surface area (Å²) in [6, 6.07) is 8.50. The van der Waals surface area contributed by atoms with E-state index in [-0.39, 0.29) is 5.82 Å². The number of benzene rings is 1. The molecule has 2 aromatic rings. The summed E-state index contributed by atoms with van der Waals surface area (Å²) in [5.74, 6) is 0.338. The third-order valence-corrected chi connectivity index (χ3v) is 1.99. The lowest BCUT2D eigenvalue weighted by atomic mass is 10.1. The van der Waals surface area contributed by atoms with Gasteiger partial charge >= 0.3 is 0 Å². The average molecular weight is 176 g/mol. The van der Waals surface area contributed by atoms with Gasteiger partial charge in [0.25, 0.3) is 0 Å². The van der Waals surface area contributed by atoms with Crippen LogP contribution in [0.3, 0.4) is 0 Å². The second-order valence-electron chi connectivity index (χ2n) is 2.91. The van der Waals surface area contributed by atoms with Gasteiger partial charge in [0, 0.05) is 0 Å². The minimum absolute atomic E-state index is 0.241. The predicted molar refractivity (Wildman–Crippen MR) is 48.8 cm³/mol. The fourth-order valence-electron chi connectivity index (χ4n) is 1.36. The van der Waals surface area contributed by atoms with E-state index in [1.54, 1.807) is 24.5 Å². The van der Waals surface area contributed by atoms with Gasteiger partial charge < -0.3 is 4.42 Å². The van der Waals surface area contributed by atoms with Crippen LogP contribution in [0.15, 0.2) is 41.0 Å². The smallest absolute Gasteiger partial charge is 0.137 e. The van der Waals surface area contributed by atoms with Crippen LogP contribution in [0.4, 0.5) is 4.39 Å². The van der Waals surface area contributed by atoms with Gasteiger partial charge in [-0.2, -0.15) is 0 Å². The van der Waals surface area contributed by atoms with Gasteiger partial charge in [-0.25, -0.2) is 4.39 Å². The minimum atomic E-state index is -0.241. The van der Waals surface area contributed by atoms with Crippen molar-refractivity contribution >= 4 is 0 Å². The van der Waals surface area contributed by atoms with Crippen LogP contribution in [0.25, 0.3) is 11.3 Å². The summed E-state index contributed by atoms with van der Waals surface area (Å²) in [6.45, 7) is 1.86. The van der Waals surface area contributed by atoms with Crippen LogP contribution in [-0.4, -0.2) is 0 Å². The molecule has 13 heavy (non-hydrogen) atoms. The highest BCUT2D eigenvalue weighted by Crippen LogP contribution is 2.26. The van der Waals surface area contributed by atoms with E-state index in [0.717, 1.165) is 5.56 Å². The summed E-state index contributed by atoms with van der Waals surface area (Å²) in [5.41, 5.74) is 1.43. The molecule has 0 unspecified atom stereocenters. The highest BCUT2D eigenvalue weighted by molar-refractivity contribution is 5.62. The highest BCUT2D eigenvalue weighted by atomic mass is 19.1. The zero-order valence-electron chi connectivity index (χ0n) is 7.25. The number of rotatable bonds is 1. The lowest BCUT2D eigenvalue weighted by molar-refractivity contribution is 0.568. The van der Waals surface area contributed by atoms with Gasteiger partial charge in [0.1, 0.15) is 11.6 Å². The fourth-order valence-corrected chi connectivity index (χ4v) is 1.36. The monoisotopic (exact) mass is 176 g/mol. The molecule has 66 valence electrons. The molecule has 2 rings (SSSR count). The summed E-state index contributed by atoms with van der Waals surface area (Å²) in [6.07, 6.45) is 1.54. The molecule has 0 bridgehead atoms. The Morgan fingerprint density at radius 2 is 2.00 bits per heavy atom. The molecule has 0 aliphatic heterocycles. The zero-order chi connectivity index (χ0) is 9.26. The Hall–Kier alpha value is -1.57. The average Bonchev–Trinajstić information content (AvgIpc) is 2.57. The molecule has 0 aliphatic carbocycles. The van der Waals surface area contributed by atoms with Gasteiger partial charge in [0.05, 0.1) is 11.8 Å². The van der Waals surface area contributed by atoms with Gasteiger partial charge in [-0.1, -0.05) is 12.1 Å². The van der Waals surface area contributed by atoms with Crippen molar-refractivity contribution in [1.82, 2.24) is 0 Å². The van der Waals surface area contributed by atoms with E-state index in [0.29, 0.717) is 11.3 Å². The molecule has 2 heteroatoms. The van der Waals surface area contributed by atoms with E-state index in [1.165, 1.54) is 6.07 Å². The molecule has 1 aromatic carbocycles. The first kappa shape index (κ1) is 8.05. The van der Waals surface area contributed by atoms with Crippen molar-refractivity contribution in [2.24, 2.45) is 0 Å². The van der Waals surface area contributed by atoms with Gasteiger partial charge in [0.2, 0.25) is 0 Å². The summed E-state index contributed by atoms with van der Waals surface area (Å²) in [5, 5.41) is 0. The fraction of sp³-hybridized carbons (Fsp3) is 0.0909. The van der Waals surface area contributed by atoms with Crippen molar-refractivity contribution in [3.05, 3.63) is 48.0 Å². The van der Waals surface area contributed by atoms with Crippen LogP contribution >= 0.6 is 0 Å². The maximum absolute atomic E-state index is 13.4. The van der Waals surface area contributed by atoms with Crippen LogP contribution in [-0.2, 0) is 0 Å². The second-order valence-corrected chi connectivity index (χ2v) is 2.91. The van der Waals surface area contributed by atoms with Crippen molar-refractivity contribution in [2.75, 3.05) is 0 Å². The van der Waals surface area contributed by atoms with Crippen LogP contribution < -0.4 is 0 Å². The van der Waals surface area contributed by atoms with Crippen LogP contribution in [0.1, 0.15) is 5.56 Å². The predicted octanol–water partition coefficient (Wildman–Crippen LogP) is 3.39. The van der Waals surface area contributed by atoms with Crippen LogP contribution in [0.5, 0.6) is 0 Å². The van der Waals surface area contributed by atoms with Gasteiger partial charge in [-0.3, -0.25) is 0 Å². The topological polar surface area (TPSA) is 13.1 Å². The lowest BCUT2D eigenvalue weighted by Crippen LogP contribution is -1.85. The van der Waals surface area contributed by atoms with Gasteiger partial charge in [-0.15, -0.1) is 0 Å². The number of halogens is 1. The van der Waals surface area contributed by atoms with Crippen molar-refractivity contribution in [1.29, 1.82) is 0 Å². The Labute approximate surface area is 75.8 Å². The Kier molecular flexibility index (Phi) is 1.89. The van der Waals surface area contributed by atoms with Crippen molar-refractivity contribution < 1.29 is 8.81 Å². The quantitative estimate of drug-likeness (QED) is 0.649. The minimum Gasteiger partial charge on any atom is -0.464 e. The molecule has 1 heterocycles. The maximum atomic E-state index is 13.4. The van der Waals surface area contributed by atoms with E-state index in [9.17, 15) is 4.39 Å². The molecule has 0 atom stereocenters. The van der Waals surface area contributed by atoms with Crippen LogP contribution in [0.2, 0.25) is 0 Å². The first-order chi connectivity index (χ1) is 6.29. The molecule has 0 spiro atoms. The third kappa shape index (κ3) is 1.35.